The van der Waals surface area contributed by atoms with E-state index < -0.39 is 20.6 Å². The number of amides is 1. The van der Waals surface area contributed by atoms with Crippen molar-refractivity contribution in [2.45, 2.75) is 62.9 Å². The van der Waals surface area contributed by atoms with Crippen molar-refractivity contribution in [2.75, 3.05) is 12.3 Å². The summed E-state index contributed by atoms with van der Waals surface area (Å²) in [4.78, 5) is 16.3. The molecule has 8 heteroatoms. The van der Waals surface area contributed by atoms with Gasteiger partial charge in [-0.2, -0.15) is 0 Å². The Bertz CT molecular complexity index is 1220. The molecule has 2 unspecified atom stereocenters. The van der Waals surface area contributed by atoms with E-state index in [1.165, 1.54) is 0 Å². The van der Waals surface area contributed by atoms with Gasteiger partial charge in [-0.05, 0) is 61.1 Å². The second kappa shape index (κ2) is 10.9. The van der Waals surface area contributed by atoms with Crippen LogP contribution in [-0.4, -0.2) is 42.9 Å². The molecule has 2 aliphatic heterocycles. The number of hydrogen-bond acceptors (Lipinski definition) is 4. The molecule has 1 amide bonds. The normalized spacial score (nSPS) is 28.7. The van der Waals surface area contributed by atoms with Crippen LogP contribution < -0.4 is 5.32 Å². The van der Waals surface area contributed by atoms with Crippen LogP contribution in [0.4, 0.5) is 0 Å². The maximum Gasteiger partial charge on any atom is 0.229 e. The van der Waals surface area contributed by atoms with Crippen molar-refractivity contribution in [1.29, 1.82) is 0 Å². The van der Waals surface area contributed by atoms with Gasteiger partial charge in [-0.1, -0.05) is 67.4 Å². The topological polar surface area (TPSA) is 66.5 Å². The zero-order valence-electron chi connectivity index (χ0n) is 20.8. The van der Waals surface area contributed by atoms with Gasteiger partial charge in [-0.15, -0.1) is 6.58 Å². The molecule has 194 valence electrons. The second-order valence-corrected chi connectivity index (χ2v) is 13.4. The molecule has 5 nitrogen and oxygen atoms in total. The van der Waals surface area contributed by atoms with Crippen molar-refractivity contribution < 1.29 is 13.2 Å². The maximum atomic E-state index is 14.3. The highest BCUT2D eigenvalue weighted by Gasteiger charge is 2.51. The highest BCUT2D eigenvalue weighted by atomic mass is 35.5. The Morgan fingerprint density at radius 3 is 2.47 bits per heavy atom. The number of likely N-dealkylation sites (tertiary alicyclic amines) is 1. The van der Waals surface area contributed by atoms with E-state index in [-0.39, 0.29) is 29.7 Å². The summed E-state index contributed by atoms with van der Waals surface area (Å²) >= 11 is 12.6. The van der Waals surface area contributed by atoms with Crippen molar-refractivity contribution in [2.24, 2.45) is 5.41 Å². The number of piperidine rings is 1. The predicted octanol–water partition coefficient (Wildman–Crippen LogP) is 6.15. The average Bonchev–Trinajstić information content (AvgIpc) is 3.17. The quantitative estimate of drug-likeness (QED) is 0.402. The maximum absolute atomic E-state index is 14.3. The number of hydrogen-bond donors (Lipinski definition) is 1. The number of nitrogens with one attached hydrogen (secondary N) is 1. The van der Waals surface area contributed by atoms with Crippen LogP contribution in [-0.2, 0) is 14.6 Å². The molecule has 2 aliphatic rings. The lowest BCUT2D eigenvalue weighted by Crippen LogP contribution is -2.56. The summed E-state index contributed by atoms with van der Waals surface area (Å²) in [7, 11) is -3.25. The Balaban J connectivity index is 1.87. The summed E-state index contributed by atoms with van der Waals surface area (Å²) in [5.41, 5.74) is 1.35. The van der Waals surface area contributed by atoms with Crippen molar-refractivity contribution in [1.82, 2.24) is 10.2 Å². The number of nitrogens with zero attached hydrogens (tertiary/aromatic N) is 1. The molecule has 5 atom stereocenters. The molecular weight excluding hydrogens is 515 g/mol. The first kappa shape index (κ1) is 27.2. The van der Waals surface area contributed by atoms with Crippen molar-refractivity contribution in [3.05, 3.63) is 82.4 Å². The molecule has 0 radical (unpaired) electrons. The second-order valence-electron chi connectivity index (χ2n) is 10.2. The summed E-state index contributed by atoms with van der Waals surface area (Å²) in [6.07, 6.45) is 3.94. The highest BCUT2D eigenvalue weighted by Crippen LogP contribution is 2.52. The molecule has 4 rings (SSSR count). The number of carbonyl (C=O) groups is 1. The number of halogens is 2. The van der Waals surface area contributed by atoms with Gasteiger partial charge in [0.05, 0.1) is 17.2 Å². The van der Waals surface area contributed by atoms with E-state index in [1.807, 2.05) is 61.2 Å². The molecule has 1 N–H and O–H groups in total. The third-order valence-corrected chi connectivity index (χ3v) is 10.2. The smallest absolute Gasteiger partial charge is 0.229 e. The van der Waals surface area contributed by atoms with E-state index in [0.717, 1.165) is 11.1 Å². The fraction of sp³-hybridized carbons (Fsp3) is 0.464. The average molecular weight is 550 g/mol. The van der Waals surface area contributed by atoms with Crippen LogP contribution in [0, 0.1) is 5.41 Å². The first-order valence-corrected chi connectivity index (χ1v) is 15.0. The number of allylic oxidation sites excluding steroid dienone is 1. The van der Waals surface area contributed by atoms with E-state index in [1.54, 1.807) is 6.08 Å². The Hall–Kier alpha value is -1.86. The standard InChI is InChI=1S/C28H34Cl2N2O3S/c1-4-13-28(3)18-24(20-7-6-8-22(30)16-20)26(19-9-11-21(29)12-10-19)32(27(28)33)23(5-2)17-25-31-14-15-36(25,34)35/h4,6-12,16,23-26,31H,1,5,13-15,17-18H2,2-3H3/t23?,24-,25?,26-,28+/m1/s1. The Kier molecular flexibility index (Phi) is 8.20. The number of carbonyl (C=O) groups excluding carboxylic acids is 1. The lowest BCUT2D eigenvalue weighted by Gasteiger charge is -2.52. The first-order chi connectivity index (χ1) is 17.1. The first-order valence-electron chi connectivity index (χ1n) is 12.5. The van der Waals surface area contributed by atoms with Crippen LogP contribution in [0.15, 0.2) is 61.2 Å². The van der Waals surface area contributed by atoms with Gasteiger partial charge in [-0.3, -0.25) is 4.79 Å². The molecule has 2 fully saturated rings. The van der Waals surface area contributed by atoms with E-state index >= 15 is 0 Å². The van der Waals surface area contributed by atoms with Gasteiger partial charge in [0.2, 0.25) is 5.91 Å². The van der Waals surface area contributed by atoms with Gasteiger partial charge < -0.3 is 10.2 Å². The molecule has 0 saturated carbocycles. The molecule has 36 heavy (non-hydrogen) atoms. The molecule has 0 aliphatic carbocycles. The zero-order valence-corrected chi connectivity index (χ0v) is 23.1. The minimum absolute atomic E-state index is 0.0304. The summed E-state index contributed by atoms with van der Waals surface area (Å²) in [6.45, 7) is 8.39. The molecular formula is C28H34Cl2N2O3S. The van der Waals surface area contributed by atoms with E-state index in [4.69, 9.17) is 23.2 Å². The predicted molar refractivity (Wildman–Crippen MR) is 147 cm³/mol. The minimum Gasteiger partial charge on any atom is -0.331 e. The highest BCUT2D eigenvalue weighted by molar-refractivity contribution is 7.92. The number of rotatable bonds is 8. The van der Waals surface area contributed by atoms with Crippen molar-refractivity contribution in [3.8, 4) is 0 Å². The van der Waals surface area contributed by atoms with E-state index in [9.17, 15) is 13.2 Å². The lowest BCUT2D eigenvalue weighted by atomic mass is 9.67. The van der Waals surface area contributed by atoms with Gasteiger partial charge >= 0.3 is 0 Å². The third kappa shape index (κ3) is 5.38. The summed E-state index contributed by atoms with van der Waals surface area (Å²) in [5, 5.41) is 3.76. The van der Waals surface area contributed by atoms with Gasteiger partial charge in [0, 0.05) is 28.5 Å². The van der Waals surface area contributed by atoms with Crippen molar-refractivity contribution >= 4 is 38.9 Å². The van der Waals surface area contributed by atoms with Crippen LogP contribution in [0.1, 0.15) is 62.6 Å². The zero-order chi connectivity index (χ0) is 26.1. The molecule has 0 bridgehead atoms. The molecule has 2 saturated heterocycles. The van der Waals surface area contributed by atoms with E-state index in [0.29, 0.717) is 42.3 Å². The molecule has 0 spiro atoms. The molecule has 0 aromatic heterocycles. The Morgan fingerprint density at radius 1 is 1.17 bits per heavy atom. The van der Waals surface area contributed by atoms with Gasteiger partial charge in [0.25, 0.3) is 0 Å². The fourth-order valence-corrected chi connectivity index (χ4v) is 7.77. The number of benzene rings is 2. The molecule has 2 heterocycles. The van der Waals surface area contributed by atoms with Crippen LogP contribution in [0.25, 0.3) is 0 Å². The van der Waals surface area contributed by atoms with Crippen LogP contribution in [0.3, 0.4) is 0 Å². The summed E-state index contributed by atoms with van der Waals surface area (Å²) < 4.78 is 25.4. The Morgan fingerprint density at radius 2 is 1.89 bits per heavy atom. The SMILES string of the molecule is C=CC[C@@]1(C)C[C@H](c2cccc(Cl)c2)[C@@H](c2ccc(Cl)cc2)N(C(CC)CC2NCCS2(=O)=O)C1=O. The molecule has 2 aromatic carbocycles. The van der Waals surface area contributed by atoms with Crippen LogP contribution >= 0.6 is 23.2 Å². The van der Waals surface area contributed by atoms with Gasteiger partial charge in [0.15, 0.2) is 9.84 Å². The summed E-state index contributed by atoms with van der Waals surface area (Å²) in [6, 6.07) is 14.9. The minimum atomic E-state index is -3.25. The lowest BCUT2D eigenvalue weighted by molar-refractivity contribution is -0.154. The van der Waals surface area contributed by atoms with Gasteiger partial charge in [-0.25, -0.2) is 8.42 Å². The molecule has 2 aromatic rings. The number of sulfone groups is 1. The fourth-order valence-electron chi connectivity index (χ4n) is 5.87. The van der Waals surface area contributed by atoms with E-state index in [2.05, 4.69) is 18.0 Å². The van der Waals surface area contributed by atoms with Crippen molar-refractivity contribution in [3.63, 3.8) is 0 Å². The van der Waals surface area contributed by atoms with Gasteiger partial charge in [0.1, 0.15) is 5.37 Å². The third-order valence-electron chi connectivity index (χ3n) is 7.73. The monoisotopic (exact) mass is 548 g/mol. The van der Waals surface area contributed by atoms with Crippen LogP contribution in [0.5, 0.6) is 0 Å². The summed E-state index contributed by atoms with van der Waals surface area (Å²) in [5.74, 6) is 0.111. The largest absolute Gasteiger partial charge is 0.331 e. The Labute approximate surface area is 224 Å². The van der Waals surface area contributed by atoms with Crippen LogP contribution in [0.2, 0.25) is 10.0 Å².